The molecule has 1 fully saturated rings. The number of ether oxygens (including phenoxy) is 2. The first kappa shape index (κ1) is 19.2. The number of imidazole rings is 1. The number of hydrogen-bond acceptors (Lipinski definition) is 5. The second-order valence-corrected chi connectivity index (χ2v) is 7.24. The van der Waals surface area contributed by atoms with Gasteiger partial charge in [0.05, 0.1) is 23.8 Å². The summed E-state index contributed by atoms with van der Waals surface area (Å²) in [6, 6.07) is 7.17. The van der Waals surface area contributed by atoms with Crippen LogP contribution in [-0.4, -0.2) is 51.9 Å². The third-order valence-corrected chi connectivity index (χ3v) is 5.35. The van der Waals surface area contributed by atoms with E-state index in [1.807, 2.05) is 25.1 Å². The molecule has 1 aliphatic heterocycles. The molecule has 8 nitrogen and oxygen atoms in total. The summed E-state index contributed by atoms with van der Waals surface area (Å²) < 4.78 is 13.7. The summed E-state index contributed by atoms with van der Waals surface area (Å²) in [6.45, 7) is 4.03. The number of amides is 1. The molecule has 1 saturated heterocycles. The van der Waals surface area contributed by atoms with Crippen molar-refractivity contribution in [3.8, 4) is 11.6 Å². The molecule has 0 spiro atoms. The number of aryl methyl sites for hydroxylation is 2. The average molecular weight is 396 g/mol. The average Bonchev–Trinajstić information content (AvgIpc) is 2.90. The smallest absolute Gasteiger partial charge is 0.337 e. The number of hydrogen-bond donors (Lipinski definition) is 0. The lowest BCUT2D eigenvalue weighted by Gasteiger charge is -2.30. The maximum atomic E-state index is 12.7. The first-order chi connectivity index (χ1) is 14.0. The minimum absolute atomic E-state index is 0.303. The highest BCUT2D eigenvalue weighted by Crippen LogP contribution is 2.25. The second-order valence-electron chi connectivity index (χ2n) is 7.24. The van der Waals surface area contributed by atoms with Crippen LogP contribution in [0, 0.1) is 6.92 Å². The van der Waals surface area contributed by atoms with Crippen LogP contribution in [0.4, 0.5) is 4.79 Å². The lowest BCUT2D eigenvalue weighted by atomic mass is 10.1. The molecule has 0 radical (unpaired) electrons. The van der Waals surface area contributed by atoms with Crippen molar-refractivity contribution in [2.75, 3.05) is 26.8 Å². The number of rotatable bonds is 5. The van der Waals surface area contributed by atoms with E-state index in [2.05, 4.69) is 4.98 Å². The van der Waals surface area contributed by atoms with Crippen molar-refractivity contribution in [3.05, 3.63) is 52.1 Å². The van der Waals surface area contributed by atoms with E-state index in [4.69, 9.17) is 9.47 Å². The maximum Gasteiger partial charge on any atom is 0.337 e. The molecular formula is C21H24N4O4. The van der Waals surface area contributed by atoms with Gasteiger partial charge in [-0.1, -0.05) is 6.07 Å². The molecule has 0 saturated carbocycles. The zero-order valence-corrected chi connectivity index (χ0v) is 16.8. The Bertz CT molecular complexity index is 1130. The van der Waals surface area contributed by atoms with E-state index >= 15 is 0 Å². The van der Waals surface area contributed by atoms with Crippen molar-refractivity contribution in [1.29, 1.82) is 0 Å². The quantitative estimate of drug-likeness (QED) is 0.663. The van der Waals surface area contributed by atoms with Gasteiger partial charge in [0.2, 0.25) is 5.88 Å². The first-order valence-electron chi connectivity index (χ1n) is 9.62. The van der Waals surface area contributed by atoms with Gasteiger partial charge in [-0.05, 0) is 43.0 Å². The Morgan fingerprint density at radius 2 is 2.00 bits per heavy atom. The van der Waals surface area contributed by atoms with Gasteiger partial charge in [0.25, 0.3) is 0 Å². The van der Waals surface area contributed by atoms with Gasteiger partial charge in [-0.3, -0.25) is 4.57 Å². The summed E-state index contributed by atoms with van der Waals surface area (Å²) in [7, 11) is 3.32. The van der Waals surface area contributed by atoms with Crippen LogP contribution in [-0.2, 0) is 18.2 Å². The molecule has 3 heterocycles. The molecule has 152 valence electrons. The lowest BCUT2D eigenvalue weighted by Crippen LogP contribution is -2.47. The van der Waals surface area contributed by atoms with E-state index in [1.165, 1.54) is 14.7 Å². The minimum atomic E-state index is -0.380. The fraction of sp³-hybridized carbons (Fsp3) is 0.381. The fourth-order valence-corrected chi connectivity index (χ4v) is 3.45. The Morgan fingerprint density at radius 3 is 2.66 bits per heavy atom. The van der Waals surface area contributed by atoms with Gasteiger partial charge in [0.1, 0.15) is 5.75 Å². The largest absolute Gasteiger partial charge is 0.439 e. The molecule has 0 bridgehead atoms. The molecule has 0 unspecified atom stereocenters. The summed E-state index contributed by atoms with van der Waals surface area (Å²) in [5, 5.41) is 0. The van der Waals surface area contributed by atoms with Crippen LogP contribution in [0.3, 0.4) is 0 Å². The number of nitrogens with zero attached hydrogens (tertiary/aromatic N) is 4. The van der Waals surface area contributed by atoms with Gasteiger partial charge in [-0.15, -0.1) is 0 Å². The van der Waals surface area contributed by atoms with Crippen LogP contribution in [0.15, 0.2) is 35.3 Å². The highest BCUT2D eigenvalue weighted by Gasteiger charge is 2.26. The van der Waals surface area contributed by atoms with Gasteiger partial charge in [-0.25, -0.2) is 19.1 Å². The summed E-state index contributed by atoms with van der Waals surface area (Å²) in [4.78, 5) is 31.3. The Balaban J connectivity index is 1.66. The first-order valence-corrected chi connectivity index (χ1v) is 9.62. The van der Waals surface area contributed by atoms with Crippen LogP contribution in [0.2, 0.25) is 0 Å². The number of carbonyl (C=O) groups is 1. The van der Waals surface area contributed by atoms with Gasteiger partial charge in [-0.2, -0.15) is 0 Å². The number of benzene rings is 1. The molecule has 29 heavy (non-hydrogen) atoms. The number of fused-ring (bicyclic) bond motifs is 1. The van der Waals surface area contributed by atoms with Gasteiger partial charge in [0.15, 0.2) is 0 Å². The zero-order chi connectivity index (χ0) is 20.5. The van der Waals surface area contributed by atoms with Crippen LogP contribution in [0.5, 0.6) is 11.6 Å². The van der Waals surface area contributed by atoms with Gasteiger partial charge >= 0.3 is 11.7 Å². The van der Waals surface area contributed by atoms with Crippen molar-refractivity contribution >= 4 is 17.1 Å². The monoisotopic (exact) mass is 396 g/mol. The normalized spacial score (nSPS) is 13.6. The van der Waals surface area contributed by atoms with Crippen LogP contribution in [0.1, 0.15) is 17.5 Å². The molecular weight excluding hydrogens is 372 g/mol. The summed E-state index contributed by atoms with van der Waals surface area (Å²) in [6.07, 6.45) is 3.36. The van der Waals surface area contributed by atoms with Crippen molar-refractivity contribution in [1.82, 2.24) is 19.0 Å². The minimum Gasteiger partial charge on any atom is -0.439 e. The standard InChI is InChI=1S/C21H24N4O4/c1-14-11-16(6-5-15(14)7-10-28-3)29-19-12-17-18(13-22-19)23(2)20(26)25(17)21(27)24-8-4-9-24/h5-6,11-13H,4,7-10H2,1-3H3. The highest BCUT2D eigenvalue weighted by molar-refractivity contribution is 5.89. The molecule has 1 amide bonds. The molecule has 2 aromatic heterocycles. The lowest BCUT2D eigenvalue weighted by molar-refractivity contribution is 0.169. The Labute approximate surface area is 168 Å². The summed E-state index contributed by atoms with van der Waals surface area (Å²) in [5.41, 5.74) is 2.99. The van der Waals surface area contributed by atoms with Crippen molar-refractivity contribution in [3.63, 3.8) is 0 Å². The summed E-state index contributed by atoms with van der Waals surface area (Å²) >= 11 is 0. The number of aromatic nitrogens is 3. The Morgan fingerprint density at radius 1 is 1.21 bits per heavy atom. The zero-order valence-electron chi connectivity index (χ0n) is 16.8. The molecule has 8 heteroatoms. The predicted molar refractivity (Wildman–Crippen MR) is 109 cm³/mol. The van der Waals surface area contributed by atoms with E-state index in [9.17, 15) is 9.59 Å². The molecule has 0 atom stereocenters. The number of pyridine rings is 1. The second kappa shape index (κ2) is 7.71. The maximum absolute atomic E-state index is 12.7. The number of carbonyl (C=O) groups excluding carboxylic acids is 1. The van der Waals surface area contributed by atoms with Crippen LogP contribution in [0.25, 0.3) is 11.0 Å². The van der Waals surface area contributed by atoms with Crippen molar-refractivity contribution in [2.24, 2.45) is 7.05 Å². The Hall–Kier alpha value is -3.13. The Kier molecular flexibility index (Phi) is 5.10. The van der Waals surface area contributed by atoms with Crippen molar-refractivity contribution < 1.29 is 14.3 Å². The van der Waals surface area contributed by atoms with Gasteiger partial charge in [0, 0.05) is 33.3 Å². The predicted octanol–water partition coefficient (Wildman–Crippen LogP) is 2.70. The molecule has 0 N–H and O–H groups in total. The molecule has 1 aliphatic rings. The molecule has 1 aromatic carbocycles. The molecule has 0 aliphatic carbocycles. The topological polar surface area (TPSA) is 78.6 Å². The molecule has 3 aromatic rings. The van der Waals surface area contributed by atoms with E-state index < -0.39 is 0 Å². The van der Waals surface area contributed by atoms with E-state index in [-0.39, 0.29) is 11.7 Å². The highest BCUT2D eigenvalue weighted by atomic mass is 16.5. The van der Waals surface area contributed by atoms with E-state index in [0.29, 0.717) is 42.4 Å². The third-order valence-electron chi connectivity index (χ3n) is 5.35. The number of likely N-dealkylation sites (tertiary alicyclic amines) is 1. The van der Waals surface area contributed by atoms with Crippen LogP contribution >= 0.6 is 0 Å². The third kappa shape index (κ3) is 3.51. The number of methoxy groups -OCH3 is 1. The fourth-order valence-electron chi connectivity index (χ4n) is 3.45. The summed E-state index contributed by atoms with van der Waals surface area (Å²) in [5.74, 6) is 0.978. The van der Waals surface area contributed by atoms with E-state index in [0.717, 1.165) is 18.4 Å². The van der Waals surface area contributed by atoms with Gasteiger partial charge < -0.3 is 14.4 Å². The van der Waals surface area contributed by atoms with Crippen molar-refractivity contribution in [2.45, 2.75) is 19.8 Å². The van der Waals surface area contributed by atoms with E-state index in [1.54, 1.807) is 31.3 Å². The molecule has 4 rings (SSSR count). The van der Waals surface area contributed by atoms with Crippen LogP contribution < -0.4 is 10.4 Å². The SMILES string of the molecule is COCCc1ccc(Oc2cc3c(cn2)n(C)c(=O)n3C(=O)N2CCC2)cc1C.